The van der Waals surface area contributed by atoms with Gasteiger partial charge in [-0.25, -0.2) is 8.42 Å². The van der Waals surface area contributed by atoms with Gasteiger partial charge in [0.1, 0.15) is 5.82 Å². The Morgan fingerprint density at radius 3 is 2.00 bits per heavy atom. The minimum absolute atomic E-state index is 0.248. The van der Waals surface area contributed by atoms with Crippen LogP contribution >= 0.6 is 0 Å². The smallest absolute Gasteiger partial charge is 0.263 e. The van der Waals surface area contributed by atoms with Gasteiger partial charge in [0.05, 0.1) is 10.4 Å². The molecule has 0 bridgehead atoms. The van der Waals surface area contributed by atoms with Gasteiger partial charge in [-0.3, -0.25) is 4.72 Å². The Hall–Kier alpha value is -3.05. The molecule has 1 heterocycles. The van der Waals surface area contributed by atoms with Gasteiger partial charge >= 0.3 is 0 Å². The molecule has 4 aromatic rings. The highest BCUT2D eigenvalue weighted by Crippen LogP contribution is 2.39. The van der Waals surface area contributed by atoms with Crippen molar-refractivity contribution in [1.82, 2.24) is 4.57 Å². The minimum atomic E-state index is -3.71. The third kappa shape index (κ3) is 3.18. The summed E-state index contributed by atoms with van der Waals surface area (Å²) in [5.74, 6) is 0.561. The van der Waals surface area contributed by atoms with Gasteiger partial charge < -0.3 is 4.57 Å². The molecule has 0 radical (unpaired) electrons. The molecule has 0 aliphatic carbocycles. The molecule has 5 heteroatoms. The van der Waals surface area contributed by atoms with Crippen molar-refractivity contribution in [2.45, 2.75) is 18.7 Å². The van der Waals surface area contributed by atoms with Gasteiger partial charge in [-0.05, 0) is 37.6 Å². The van der Waals surface area contributed by atoms with Gasteiger partial charge in [0.15, 0.2) is 0 Å². The summed E-state index contributed by atoms with van der Waals surface area (Å²) in [7, 11) is -1.83. The van der Waals surface area contributed by atoms with E-state index in [1.807, 2.05) is 74.0 Å². The molecule has 142 valence electrons. The van der Waals surface area contributed by atoms with E-state index in [0.29, 0.717) is 5.82 Å². The molecule has 0 spiro atoms. The number of nitrogens with zero attached hydrogens (tertiary/aromatic N) is 1. The fourth-order valence-corrected chi connectivity index (χ4v) is 4.53. The van der Waals surface area contributed by atoms with Crippen LogP contribution < -0.4 is 4.72 Å². The molecule has 0 unspecified atom stereocenters. The first-order valence-electron chi connectivity index (χ1n) is 9.11. The normalized spacial score (nSPS) is 11.7. The molecule has 1 aromatic heterocycles. The topological polar surface area (TPSA) is 51.1 Å². The van der Waals surface area contributed by atoms with Crippen LogP contribution in [0.5, 0.6) is 0 Å². The number of anilines is 1. The van der Waals surface area contributed by atoms with Crippen molar-refractivity contribution in [1.29, 1.82) is 0 Å². The Bertz CT molecular complexity index is 1250. The van der Waals surface area contributed by atoms with E-state index in [-0.39, 0.29) is 4.90 Å². The lowest BCUT2D eigenvalue weighted by Crippen LogP contribution is -2.15. The van der Waals surface area contributed by atoms with Crippen molar-refractivity contribution >= 4 is 26.7 Å². The highest BCUT2D eigenvalue weighted by atomic mass is 32.2. The van der Waals surface area contributed by atoms with Gasteiger partial charge in [0, 0.05) is 18.0 Å². The Morgan fingerprint density at radius 1 is 0.786 bits per heavy atom. The summed E-state index contributed by atoms with van der Waals surface area (Å²) in [5.41, 5.74) is 5.01. The third-order valence-corrected chi connectivity index (χ3v) is 6.36. The van der Waals surface area contributed by atoms with Crippen molar-refractivity contribution in [3.63, 3.8) is 0 Å². The van der Waals surface area contributed by atoms with Gasteiger partial charge in [-0.1, -0.05) is 65.7 Å². The number of nitrogens with one attached hydrogen (secondary N) is 1. The van der Waals surface area contributed by atoms with Gasteiger partial charge in [-0.2, -0.15) is 0 Å². The van der Waals surface area contributed by atoms with Crippen LogP contribution in [-0.2, 0) is 17.1 Å². The van der Waals surface area contributed by atoms with Crippen LogP contribution in [0.1, 0.15) is 11.1 Å². The highest BCUT2D eigenvalue weighted by molar-refractivity contribution is 7.92. The zero-order chi connectivity index (χ0) is 19.9. The maximum Gasteiger partial charge on any atom is 0.263 e. The molecule has 28 heavy (non-hydrogen) atoms. The Labute approximate surface area is 165 Å². The molecule has 0 saturated carbocycles. The van der Waals surface area contributed by atoms with Gasteiger partial charge in [-0.15, -0.1) is 0 Å². The second kappa shape index (κ2) is 6.84. The van der Waals surface area contributed by atoms with E-state index >= 15 is 0 Å². The second-order valence-corrected chi connectivity index (χ2v) is 8.77. The molecule has 0 atom stereocenters. The van der Waals surface area contributed by atoms with E-state index in [1.54, 1.807) is 24.3 Å². The van der Waals surface area contributed by atoms with E-state index in [2.05, 4.69) is 4.72 Å². The zero-order valence-electron chi connectivity index (χ0n) is 16.1. The molecule has 0 aliphatic rings. The molecule has 0 saturated heterocycles. The first-order chi connectivity index (χ1) is 13.4. The number of rotatable bonds is 4. The number of aryl methyl sites for hydroxylation is 3. The summed E-state index contributed by atoms with van der Waals surface area (Å²) < 4.78 is 30.8. The summed E-state index contributed by atoms with van der Waals surface area (Å²) in [6.07, 6.45) is 0. The fraction of sp³-hybridized carbons (Fsp3) is 0.130. The summed E-state index contributed by atoms with van der Waals surface area (Å²) in [5, 5.41) is 1.01. The summed E-state index contributed by atoms with van der Waals surface area (Å²) in [6.45, 7) is 3.97. The van der Waals surface area contributed by atoms with Crippen molar-refractivity contribution in [3.05, 3.63) is 83.9 Å². The molecular formula is C23H22N2O2S. The zero-order valence-corrected chi connectivity index (χ0v) is 16.9. The molecule has 3 aromatic carbocycles. The Balaban J connectivity index is 1.91. The van der Waals surface area contributed by atoms with Crippen LogP contribution in [0, 0.1) is 13.8 Å². The lowest BCUT2D eigenvalue weighted by molar-refractivity contribution is 0.600. The maximum atomic E-state index is 13.1. The maximum absolute atomic E-state index is 13.1. The monoisotopic (exact) mass is 390 g/mol. The predicted molar refractivity (Wildman–Crippen MR) is 115 cm³/mol. The van der Waals surface area contributed by atoms with E-state index in [4.69, 9.17) is 0 Å². The van der Waals surface area contributed by atoms with Crippen molar-refractivity contribution in [2.24, 2.45) is 7.05 Å². The lowest BCUT2D eigenvalue weighted by atomic mass is 10.0. The summed E-state index contributed by atoms with van der Waals surface area (Å²) in [6, 6.07) is 22.9. The average Bonchev–Trinajstić information content (AvgIpc) is 2.95. The van der Waals surface area contributed by atoms with E-state index in [0.717, 1.165) is 33.2 Å². The first kappa shape index (κ1) is 18.3. The van der Waals surface area contributed by atoms with Crippen LogP contribution in [0.2, 0.25) is 0 Å². The van der Waals surface area contributed by atoms with Gasteiger partial charge in [0.2, 0.25) is 0 Å². The van der Waals surface area contributed by atoms with Crippen molar-refractivity contribution in [3.8, 4) is 11.1 Å². The quantitative estimate of drug-likeness (QED) is 0.516. The predicted octanol–water partition coefficient (Wildman–Crippen LogP) is 5.26. The molecule has 0 amide bonds. The lowest BCUT2D eigenvalue weighted by Gasteiger charge is -2.12. The Morgan fingerprint density at radius 2 is 1.36 bits per heavy atom. The SMILES string of the molecule is Cc1ccc(-c2c(NS(=O)(=O)c3ccc(C)cc3)n(C)c3ccccc23)cc1. The van der Waals surface area contributed by atoms with Crippen LogP contribution in [0.25, 0.3) is 22.0 Å². The molecule has 4 nitrogen and oxygen atoms in total. The van der Waals surface area contributed by atoms with E-state index in [1.165, 1.54) is 0 Å². The number of hydrogen-bond acceptors (Lipinski definition) is 2. The van der Waals surface area contributed by atoms with Crippen molar-refractivity contribution < 1.29 is 8.42 Å². The minimum Gasteiger partial charge on any atom is -0.329 e. The Kier molecular flexibility index (Phi) is 4.47. The van der Waals surface area contributed by atoms with Crippen LogP contribution in [0.15, 0.2) is 77.7 Å². The average molecular weight is 391 g/mol. The highest BCUT2D eigenvalue weighted by Gasteiger charge is 2.22. The number of benzene rings is 3. The number of fused-ring (bicyclic) bond motifs is 1. The largest absolute Gasteiger partial charge is 0.329 e. The third-order valence-electron chi connectivity index (χ3n) is 5.01. The molecule has 1 N–H and O–H groups in total. The van der Waals surface area contributed by atoms with Gasteiger partial charge in [0.25, 0.3) is 10.0 Å². The fourth-order valence-electron chi connectivity index (χ4n) is 3.43. The second-order valence-electron chi connectivity index (χ2n) is 7.08. The number of sulfonamides is 1. The van der Waals surface area contributed by atoms with Crippen LogP contribution in [-0.4, -0.2) is 13.0 Å². The first-order valence-corrected chi connectivity index (χ1v) is 10.6. The molecule has 0 aliphatic heterocycles. The van der Waals surface area contributed by atoms with Crippen LogP contribution in [0.4, 0.5) is 5.82 Å². The molecule has 0 fully saturated rings. The molecule has 4 rings (SSSR count). The number of para-hydroxylation sites is 1. The summed E-state index contributed by atoms with van der Waals surface area (Å²) in [4.78, 5) is 0.248. The van der Waals surface area contributed by atoms with Crippen molar-refractivity contribution in [2.75, 3.05) is 4.72 Å². The van der Waals surface area contributed by atoms with E-state index in [9.17, 15) is 8.42 Å². The molecular weight excluding hydrogens is 368 g/mol. The van der Waals surface area contributed by atoms with Crippen LogP contribution in [0.3, 0.4) is 0 Å². The van der Waals surface area contributed by atoms with E-state index < -0.39 is 10.0 Å². The number of aromatic nitrogens is 1. The summed E-state index contributed by atoms with van der Waals surface area (Å²) >= 11 is 0. The standard InChI is InChI=1S/C23H22N2O2S/c1-16-8-12-18(13-9-16)22-20-6-4-5-7-21(20)25(3)23(22)24-28(26,27)19-14-10-17(2)11-15-19/h4-15,24H,1-3H3. The number of hydrogen-bond donors (Lipinski definition) is 1.